The number of nitrogens with zero attached hydrogens (tertiary/aromatic N) is 2. The van der Waals surface area contributed by atoms with E-state index < -0.39 is 5.91 Å². The molecule has 0 saturated heterocycles. The first kappa shape index (κ1) is 15.9. The van der Waals surface area contributed by atoms with Gasteiger partial charge in [-0.05, 0) is 48.9 Å². The van der Waals surface area contributed by atoms with Gasteiger partial charge in [0.25, 0.3) is 5.91 Å². The standard InChI is InChI=1S/C16H13ClFN5O/c1-9-2-3-10(17)8-13(9)20-16(24)14-15(22-23-21-14)19-12-6-4-11(18)5-7-12/h2-8H,1H3,(H,20,24)(H2,19,21,22,23). The number of hydrogen-bond donors (Lipinski definition) is 3. The van der Waals surface area contributed by atoms with Crippen LogP contribution in [-0.2, 0) is 0 Å². The molecule has 0 unspecified atom stereocenters. The molecule has 2 aromatic carbocycles. The van der Waals surface area contributed by atoms with Crippen molar-refractivity contribution in [3.8, 4) is 0 Å². The summed E-state index contributed by atoms with van der Waals surface area (Å²) in [7, 11) is 0. The molecule has 3 N–H and O–H groups in total. The summed E-state index contributed by atoms with van der Waals surface area (Å²) in [5.41, 5.74) is 2.12. The number of aryl methyl sites for hydroxylation is 1. The maximum atomic E-state index is 12.9. The molecule has 1 aromatic heterocycles. The van der Waals surface area contributed by atoms with Gasteiger partial charge in [0.2, 0.25) is 0 Å². The zero-order valence-corrected chi connectivity index (χ0v) is 13.4. The molecule has 0 radical (unpaired) electrons. The van der Waals surface area contributed by atoms with Crippen LogP contribution in [0.5, 0.6) is 0 Å². The van der Waals surface area contributed by atoms with Crippen LogP contribution in [0, 0.1) is 12.7 Å². The topological polar surface area (TPSA) is 82.7 Å². The number of aromatic amines is 1. The number of anilines is 3. The van der Waals surface area contributed by atoms with Crippen molar-refractivity contribution >= 4 is 34.7 Å². The number of aromatic nitrogens is 3. The van der Waals surface area contributed by atoms with Crippen LogP contribution in [0.15, 0.2) is 42.5 Å². The number of nitrogens with one attached hydrogen (secondary N) is 3. The molecule has 1 amide bonds. The van der Waals surface area contributed by atoms with E-state index >= 15 is 0 Å². The molecular formula is C16H13ClFN5O. The van der Waals surface area contributed by atoms with Crippen LogP contribution in [0.2, 0.25) is 5.02 Å². The van der Waals surface area contributed by atoms with Gasteiger partial charge in [0.1, 0.15) is 5.82 Å². The van der Waals surface area contributed by atoms with Crippen LogP contribution in [0.1, 0.15) is 16.1 Å². The van der Waals surface area contributed by atoms with Crippen LogP contribution in [0.4, 0.5) is 21.6 Å². The lowest BCUT2D eigenvalue weighted by molar-refractivity contribution is 0.102. The summed E-state index contributed by atoms with van der Waals surface area (Å²) in [5.74, 6) is -0.562. The van der Waals surface area contributed by atoms with Crippen LogP contribution in [0.25, 0.3) is 0 Å². The van der Waals surface area contributed by atoms with Gasteiger partial charge >= 0.3 is 0 Å². The Kier molecular flexibility index (Phi) is 4.43. The molecule has 0 spiro atoms. The van der Waals surface area contributed by atoms with Crippen molar-refractivity contribution < 1.29 is 9.18 Å². The minimum absolute atomic E-state index is 0.0821. The fourth-order valence-corrected chi connectivity index (χ4v) is 2.23. The molecule has 24 heavy (non-hydrogen) atoms. The first-order valence-corrected chi connectivity index (χ1v) is 7.41. The molecule has 0 saturated carbocycles. The summed E-state index contributed by atoms with van der Waals surface area (Å²) < 4.78 is 12.9. The number of carbonyl (C=O) groups excluding carboxylic acids is 1. The number of H-pyrrole nitrogens is 1. The quantitative estimate of drug-likeness (QED) is 0.669. The minimum Gasteiger partial charge on any atom is -0.337 e. The van der Waals surface area contributed by atoms with Crippen molar-refractivity contribution in [1.29, 1.82) is 0 Å². The summed E-state index contributed by atoms with van der Waals surface area (Å²) in [5, 5.41) is 16.3. The van der Waals surface area contributed by atoms with Gasteiger partial charge < -0.3 is 10.6 Å². The Balaban J connectivity index is 1.80. The predicted molar refractivity (Wildman–Crippen MR) is 90.2 cm³/mol. The maximum Gasteiger partial charge on any atom is 0.280 e. The highest BCUT2D eigenvalue weighted by Crippen LogP contribution is 2.22. The number of halogens is 2. The number of amides is 1. The maximum absolute atomic E-state index is 12.9. The lowest BCUT2D eigenvalue weighted by Gasteiger charge is -2.09. The number of carbonyl (C=O) groups is 1. The molecule has 1 heterocycles. The fourth-order valence-electron chi connectivity index (χ4n) is 2.06. The second-order valence-corrected chi connectivity index (χ2v) is 5.50. The summed E-state index contributed by atoms with van der Waals surface area (Å²) in [6.07, 6.45) is 0. The number of benzene rings is 2. The molecule has 3 rings (SSSR count). The van der Waals surface area contributed by atoms with Crippen molar-refractivity contribution in [3.63, 3.8) is 0 Å². The lowest BCUT2D eigenvalue weighted by Crippen LogP contribution is -2.15. The second-order valence-electron chi connectivity index (χ2n) is 5.07. The molecule has 122 valence electrons. The highest BCUT2D eigenvalue weighted by molar-refractivity contribution is 6.31. The smallest absolute Gasteiger partial charge is 0.280 e. The molecular weight excluding hydrogens is 333 g/mol. The van der Waals surface area contributed by atoms with E-state index in [0.29, 0.717) is 16.4 Å². The van der Waals surface area contributed by atoms with Crippen molar-refractivity contribution in [3.05, 3.63) is 64.6 Å². The molecule has 0 aliphatic carbocycles. The Morgan fingerprint density at radius 2 is 1.92 bits per heavy atom. The van der Waals surface area contributed by atoms with Crippen LogP contribution in [-0.4, -0.2) is 21.3 Å². The Bertz CT molecular complexity index is 878. The molecule has 0 aliphatic heterocycles. The van der Waals surface area contributed by atoms with Crippen molar-refractivity contribution in [2.24, 2.45) is 0 Å². The van der Waals surface area contributed by atoms with Gasteiger partial charge in [-0.1, -0.05) is 17.7 Å². The molecule has 0 fully saturated rings. The van der Waals surface area contributed by atoms with Gasteiger partial charge in [0.05, 0.1) is 0 Å². The van der Waals surface area contributed by atoms with E-state index in [1.165, 1.54) is 24.3 Å². The van der Waals surface area contributed by atoms with Crippen molar-refractivity contribution in [2.75, 3.05) is 10.6 Å². The van der Waals surface area contributed by atoms with Gasteiger partial charge in [-0.2, -0.15) is 5.21 Å². The van der Waals surface area contributed by atoms with E-state index in [2.05, 4.69) is 26.0 Å². The first-order chi connectivity index (χ1) is 11.5. The van der Waals surface area contributed by atoms with Gasteiger partial charge in [-0.15, -0.1) is 10.2 Å². The SMILES string of the molecule is Cc1ccc(Cl)cc1NC(=O)c1n[nH]nc1Nc1ccc(F)cc1. The van der Waals surface area contributed by atoms with E-state index in [1.807, 2.05) is 6.92 Å². The van der Waals surface area contributed by atoms with Crippen LogP contribution in [0.3, 0.4) is 0 Å². The number of rotatable bonds is 4. The van der Waals surface area contributed by atoms with E-state index in [4.69, 9.17) is 11.6 Å². The largest absolute Gasteiger partial charge is 0.337 e. The van der Waals surface area contributed by atoms with E-state index in [9.17, 15) is 9.18 Å². The fraction of sp³-hybridized carbons (Fsp3) is 0.0625. The normalized spacial score (nSPS) is 10.5. The second kappa shape index (κ2) is 6.67. The van der Waals surface area contributed by atoms with Gasteiger partial charge in [-0.25, -0.2) is 4.39 Å². The third-order valence-corrected chi connectivity index (χ3v) is 3.55. The van der Waals surface area contributed by atoms with Crippen molar-refractivity contribution in [2.45, 2.75) is 6.92 Å². The Morgan fingerprint density at radius 1 is 1.17 bits per heavy atom. The molecule has 0 aliphatic rings. The van der Waals surface area contributed by atoms with Gasteiger partial charge in [0, 0.05) is 16.4 Å². The minimum atomic E-state index is -0.446. The monoisotopic (exact) mass is 345 g/mol. The summed E-state index contributed by atoms with van der Waals surface area (Å²) >= 11 is 5.95. The third kappa shape index (κ3) is 3.52. The molecule has 0 bridgehead atoms. The third-order valence-electron chi connectivity index (χ3n) is 3.32. The van der Waals surface area contributed by atoms with Crippen molar-refractivity contribution in [1.82, 2.24) is 15.4 Å². The van der Waals surface area contributed by atoms with E-state index in [0.717, 1.165) is 5.56 Å². The lowest BCUT2D eigenvalue weighted by atomic mass is 10.2. The molecule has 6 nitrogen and oxygen atoms in total. The highest BCUT2D eigenvalue weighted by Gasteiger charge is 2.17. The van der Waals surface area contributed by atoms with Crippen LogP contribution < -0.4 is 10.6 Å². The Hall–Kier alpha value is -2.93. The average Bonchev–Trinajstić information content (AvgIpc) is 3.01. The zero-order valence-electron chi connectivity index (χ0n) is 12.6. The van der Waals surface area contributed by atoms with Gasteiger partial charge in [0.15, 0.2) is 11.5 Å². The number of hydrogen-bond acceptors (Lipinski definition) is 4. The zero-order chi connectivity index (χ0) is 17.1. The Morgan fingerprint density at radius 3 is 2.67 bits per heavy atom. The predicted octanol–water partition coefficient (Wildman–Crippen LogP) is 3.90. The van der Waals surface area contributed by atoms with E-state index in [1.54, 1.807) is 18.2 Å². The van der Waals surface area contributed by atoms with Gasteiger partial charge in [-0.3, -0.25) is 4.79 Å². The van der Waals surface area contributed by atoms with Crippen LogP contribution >= 0.6 is 11.6 Å². The summed E-state index contributed by atoms with van der Waals surface area (Å²) in [4.78, 5) is 12.4. The van der Waals surface area contributed by atoms with E-state index in [-0.39, 0.29) is 17.3 Å². The first-order valence-electron chi connectivity index (χ1n) is 7.04. The highest BCUT2D eigenvalue weighted by atomic mass is 35.5. The average molecular weight is 346 g/mol. The molecule has 8 heteroatoms. The summed E-state index contributed by atoms with van der Waals surface area (Å²) in [6, 6.07) is 10.9. The summed E-state index contributed by atoms with van der Waals surface area (Å²) in [6.45, 7) is 1.85. The Labute approximate surface area is 142 Å². The molecule has 0 atom stereocenters. The molecule has 3 aromatic rings.